The quantitative estimate of drug-likeness (QED) is 0.125. The van der Waals surface area contributed by atoms with Gasteiger partial charge < -0.3 is 20.1 Å². The van der Waals surface area contributed by atoms with Crippen molar-refractivity contribution in [2.75, 3.05) is 36.9 Å². The van der Waals surface area contributed by atoms with Crippen LogP contribution in [-0.2, 0) is 10.2 Å². The van der Waals surface area contributed by atoms with Crippen LogP contribution in [0.15, 0.2) is 96.0 Å². The largest absolute Gasteiger partial charge is 0.476 e. The summed E-state index contributed by atoms with van der Waals surface area (Å²) in [5, 5.41) is 7.76. The van der Waals surface area contributed by atoms with Crippen LogP contribution in [0.1, 0.15) is 132 Å². The smallest absolute Gasteiger partial charge is 0.216 e. The Morgan fingerprint density at radius 2 is 1.02 bits per heavy atom. The molecular formula is C50H59N3O2. The van der Waals surface area contributed by atoms with E-state index >= 15 is 0 Å². The number of anilines is 2. The van der Waals surface area contributed by atoms with E-state index in [4.69, 9.17) is 9.47 Å². The van der Waals surface area contributed by atoms with E-state index in [0.29, 0.717) is 30.3 Å². The van der Waals surface area contributed by atoms with Gasteiger partial charge in [-0.25, -0.2) is 4.99 Å². The van der Waals surface area contributed by atoms with Gasteiger partial charge in [-0.1, -0.05) is 136 Å². The van der Waals surface area contributed by atoms with Crippen molar-refractivity contribution < 1.29 is 9.47 Å². The average molecular weight is 734 g/mol. The number of ether oxygens (including phenoxy) is 2. The lowest BCUT2D eigenvalue weighted by molar-refractivity contribution is 0.348. The maximum absolute atomic E-state index is 7.15. The number of rotatable bonds is 12. The Balaban J connectivity index is 1.23. The molecule has 0 radical (unpaired) electrons. The van der Waals surface area contributed by atoms with E-state index in [9.17, 15) is 0 Å². The van der Waals surface area contributed by atoms with Crippen LogP contribution in [0.3, 0.4) is 0 Å². The molecule has 5 aromatic carbocycles. The van der Waals surface area contributed by atoms with Crippen molar-refractivity contribution in [1.29, 1.82) is 0 Å². The van der Waals surface area contributed by atoms with Crippen molar-refractivity contribution in [3.05, 3.63) is 130 Å². The van der Waals surface area contributed by atoms with Gasteiger partial charge >= 0.3 is 0 Å². The van der Waals surface area contributed by atoms with Crippen molar-refractivity contribution in [3.8, 4) is 33.8 Å². The fraction of sp³-hybridized carbons (Fsp3) is 0.380. The number of benzene rings is 5. The molecule has 0 saturated carbocycles. The summed E-state index contributed by atoms with van der Waals surface area (Å²) in [6, 6.07) is 33.3. The molecule has 0 unspecified atom stereocenters. The first-order valence-corrected chi connectivity index (χ1v) is 20.4. The Morgan fingerprint density at radius 3 is 1.49 bits per heavy atom. The molecule has 0 amide bonds. The third kappa shape index (κ3) is 7.38. The average Bonchev–Trinajstić information content (AvgIpc) is 3.71. The van der Waals surface area contributed by atoms with Crippen molar-refractivity contribution in [2.45, 2.75) is 98.3 Å². The minimum atomic E-state index is -0.263. The topological polar surface area (TPSA) is 54.9 Å². The SMILES string of the molecule is CC(C)c1cccc(C(C)C)c1NCCNc1c(C(C)C)cc(-c2cccc3c2Oc2c(-c4ccc(C5=NCCO5)cc4)cccc2C3(C)C)cc1C(C)C. The molecule has 55 heavy (non-hydrogen) atoms. The molecule has 5 aromatic rings. The Kier molecular flexibility index (Phi) is 10.9. The summed E-state index contributed by atoms with van der Waals surface area (Å²) in [5.41, 5.74) is 15.6. The number of para-hydroxylation sites is 3. The summed E-state index contributed by atoms with van der Waals surface area (Å²) < 4.78 is 12.9. The lowest BCUT2D eigenvalue weighted by Crippen LogP contribution is -2.25. The summed E-state index contributed by atoms with van der Waals surface area (Å²) in [6.45, 7) is 26.0. The molecule has 0 aliphatic carbocycles. The molecule has 2 heterocycles. The summed E-state index contributed by atoms with van der Waals surface area (Å²) in [4.78, 5) is 4.51. The van der Waals surface area contributed by atoms with Crippen molar-refractivity contribution >= 4 is 17.3 Å². The Labute approximate surface area is 329 Å². The maximum atomic E-state index is 7.15. The second-order valence-corrected chi connectivity index (χ2v) is 17.0. The molecule has 286 valence electrons. The van der Waals surface area contributed by atoms with Gasteiger partial charge in [0.2, 0.25) is 5.90 Å². The summed E-state index contributed by atoms with van der Waals surface area (Å²) in [5.74, 6) is 4.17. The van der Waals surface area contributed by atoms with Gasteiger partial charge in [-0.15, -0.1) is 0 Å². The predicted octanol–water partition coefficient (Wildman–Crippen LogP) is 13.2. The highest BCUT2D eigenvalue weighted by Gasteiger charge is 2.37. The van der Waals surface area contributed by atoms with Crippen LogP contribution in [0.25, 0.3) is 22.3 Å². The van der Waals surface area contributed by atoms with Gasteiger partial charge in [-0.3, -0.25) is 0 Å². The molecule has 2 N–H and O–H groups in total. The van der Waals surface area contributed by atoms with Crippen LogP contribution >= 0.6 is 0 Å². The number of fused-ring (bicyclic) bond motifs is 2. The summed E-state index contributed by atoms with van der Waals surface area (Å²) in [6.07, 6.45) is 0. The molecule has 5 heteroatoms. The third-order valence-electron chi connectivity index (χ3n) is 11.5. The standard InChI is InChI=1S/C50H59N3O2/c1-30(2)37-14-11-15-38(31(3)4)45(37)51-24-25-52-46-41(32(5)6)28-36(29-42(46)33(7)8)40-17-13-19-44-48(40)55-47-39(16-12-18-43(47)50(44,9)10)34-20-22-35(23-21-34)49-53-26-27-54-49/h11-23,28-33,51-52H,24-27H2,1-10H3. The molecule has 0 atom stereocenters. The zero-order valence-electron chi connectivity index (χ0n) is 34.6. The number of hydrogen-bond donors (Lipinski definition) is 2. The molecule has 2 aliphatic rings. The fourth-order valence-corrected chi connectivity index (χ4v) is 8.37. The van der Waals surface area contributed by atoms with Crippen LogP contribution in [0.4, 0.5) is 11.4 Å². The van der Waals surface area contributed by atoms with E-state index < -0.39 is 0 Å². The molecule has 0 spiro atoms. The highest BCUT2D eigenvalue weighted by molar-refractivity contribution is 5.95. The third-order valence-corrected chi connectivity index (χ3v) is 11.5. The molecule has 7 rings (SSSR count). The van der Waals surface area contributed by atoms with E-state index in [-0.39, 0.29) is 5.41 Å². The Hall–Kier alpha value is -5.03. The van der Waals surface area contributed by atoms with Gasteiger partial charge in [0, 0.05) is 57.7 Å². The molecular weight excluding hydrogens is 675 g/mol. The second kappa shape index (κ2) is 15.6. The highest BCUT2D eigenvalue weighted by Crippen LogP contribution is 2.54. The van der Waals surface area contributed by atoms with Gasteiger partial charge in [0.15, 0.2) is 0 Å². The zero-order chi connectivity index (χ0) is 39.0. The van der Waals surface area contributed by atoms with Crippen LogP contribution < -0.4 is 15.4 Å². The molecule has 0 saturated heterocycles. The normalized spacial score (nSPS) is 14.5. The Morgan fingerprint density at radius 1 is 0.564 bits per heavy atom. The predicted molar refractivity (Wildman–Crippen MR) is 233 cm³/mol. The van der Waals surface area contributed by atoms with Crippen molar-refractivity contribution in [3.63, 3.8) is 0 Å². The first-order valence-electron chi connectivity index (χ1n) is 20.4. The van der Waals surface area contributed by atoms with E-state index in [2.05, 4.69) is 176 Å². The molecule has 2 aliphatic heterocycles. The molecule has 5 nitrogen and oxygen atoms in total. The number of nitrogens with one attached hydrogen (secondary N) is 2. The lowest BCUT2D eigenvalue weighted by atomic mass is 9.73. The van der Waals surface area contributed by atoms with Gasteiger partial charge in [0.1, 0.15) is 18.1 Å². The van der Waals surface area contributed by atoms with Crippen molar-refractivity contribution in [2.24, 2.45) is 4.99 Å². The second-order valence-electron chi connectivity index (χ2n) is 17.0. The minimum absolute atomic E-state index is 0.263. The first kappa shape index (κ1) is 38.3. The molecule has 0 fully saturated rings. The fourth-order valence-electron chi connectivity index (χ4n) is 8.37. The maximum Gasteiger partial charge on any atom is 0.216 e. The van der Waals surface area contributed by atoms with Crippen LogP contribution in [0.5, 0.6) is 11.5 Å². The summed E-state index contributed by atoms with van der Waals surface area (Å²) >= 11 is 0. The van der Waals surface area contributed by atoms with Crippen LogP contribution in [0.2, 0.25) is 0 Å². The van der Waals surface area contributed by atoms with E-state index in [1.165, 1.54) is 50.3 Å². The highest BCUT2D eigenvalue weighted by atomic mass is 16.5. The summed E-state index contributed by atoms with van der Waals surface area (Å²) in [7, 11) is 0. The number of aliphatic imine (C=N–C) groups is 1. The number of nitrogens with zero attached hydrogens (tertiary/aromatic N) is 1. The zero-order valence-corrected chi connectivity index (χ0v) is 34.6. The molecule has 0 aromatic heterocycles. The first-order chi connectivity index (χ1) is 26.4. The molecule has 0 bridgehead atoms. The van der Waals surface area contributed by atoms with Gasteiger partial charge in [-0.05, 0) is 81.3 Å². The van der Waals surface area contributed by atoms with Gasteiger partial charge in [0.25, 0.3) is 0 Å². The monoisotopic (exact) mass is 733 g/mol. The van der Waals surface area contributed by atoms with E-state index in [0.717, 1.165) is 59.3 Å². The van der Waals surface area contributed by atoms with E-state index in [1.807, 2.05) is 0 Å². The minimum Gasteiger partial charge on any atom is -0.476 e. The Bertz CT molecular complexity index is 2150. The van der Waals surface area contributed by atoms with Crippen LogP contribution in [0, 0.1) is 0 Å². The van der Waals surface area contributed by atoms with Gasteiger partial charge in [0.05, 0.1) is 6.54 Å². The number of hydrogen-bond acceptors (Lipinski definition) is 5. The van der Waals surface area contributed by atoms with Crippen LogP contribution in [-0.4, -0.2) is 32.1 Å². The van der Waals surface area contributed by atoms with Gasteiger partial charge in [-0.2, -0.15) is 0 Å². The van der Waals surface area contributed by atoms with E-state index in [1.54, 1.807) is 0 Å². The lowest BCUT2D eigenvalue weighted by Gasteiger charge is -2.36. The van der Waals surface area contributed by atoms with Crippen molar-refractivity contribution in [1.82, 2.24) is 0 Å².